The van der Waals surface area contributed by atoms with Crippen molar-refractivity contribution in [3.8, 4) is 0 Å². The first-order valence-corrected chi connectivity index (χ1v) is 7.41. The summed E-state index contributed by atoms with van der Waals surface area (Å²) in [7, 11) is 3.49. The van der Waals surface area contributed by atoms with Gasteiger partial charge < -0.3 is 9.80 Å². The van der Waals surface area contributed by atoms with Gasteiger partial charge in [0, 0.05) is 44.7 Å². The van der Waals surface area contributed by atoms with Crippen molar-refractivity contribution >= 4 is 17.9 Å². The van der Waals surface area contributed by atoms with Crippen molar-refractivity contribution in [2.75, 3.05) is 27.2 Å². The summed E-state index contributed by atoms with van der Waals surface area (Å²) in [5.41, 5.74) is 0.397. The fourth-order valence-electron chi connectivity index (χ4n) is 2.59. The standard InChI is InChI=1S/C17H21FN2O2/c1-19(2)17(22)14-9-11-20(12-10-14)16(21)8-7-13-5-3-4-6-15(13)18/h3-8,14H,9-12H2,1-2H3/b8-7+. The summed E-state index contributed by atoms with van der Waals surface area (Å²) >= 11 is 0. The number of nitrogens with zero attached hydrogens (tertiary/aromatic N) is 2. The van der Waals surface area contributed by atoms with E-state index in [2.05, 4.69) is 0 Å². The number of likely N-dealkylation sites (tertiary alicyclic amines) is 1. The lowest BCUT2D eigenvalue weighted by molar-refractivity contribution is -0.137. The Labute approximate surface area is 130 Å². The molecule has 1 saturated heterocycles. The van der Waals surface area contributed by atoms with Crippen LogP contribution in [0.4, 0.5) is 4.39 Å². The van der Waals surface area contributed by atoms with Crippen LogP contribution in [0, 0.1) is 11.7 Å². The molecule has 1 aliphatic heterocycles. The van der Waals surface area contributed by atoms with E-state index in [4.69, 9.17) is 0 Å². The van der Waals surface area contributed by atoms with Crippen LogP contribution in [0.2, 0.25) is 0 Å². The van der Waals surface area contributed by atoms with E-state index < -0.39 is 0 Å². The van der Waals surface area contributed by atoms with Crippen LogP contribution in [0.15, 0.2) is 30.3 Å². The third-order valence-electron chi connectivity index (χ3n) is 3.91. The first kappa shape index (κ1) is 16.2. The molecule has 0 atom stereocenters. The van der Waals surface area contributed by atoms with Gasteiger partial charge in [0.25, 0.3) is 0 Å². The van der Waals surface area contributed by atoms with Crippen molar-refractivity contribution in [3.63, 3.8) is 0 Å². The molecule has 0 radical (unpaired) electrons. The monoisotopic (exact) mass is 304 g/mol. The molecule has 0 bridgehead atoms. The first-order valence-electron chi connectivity index (χ1n) is 7.41. The maximum atomic E-state index is 13.5. The lowest BCUT2D eigenvalue weighted by atomic mass is 9.95. The van der Waals surface area contributed by atoms with E-state index >= 15 is 0 Å². The van der Waals surface area contributed by atoms with Crippen LogP contribution in [0.25, 0.3) is 6.08 Å². The predicted molar refractivity (Wildman–Crippen MR) is 83.4 cm³/mol. The van der Waals surface area contributed by atoms with Gasteiger partial charge in [-0.2, -0.15) is 0 Å². The van der Waals surface area contributed by atoms with Crippen LogP contribution in [-0.4, -0.2) is 48.8 Å². The van der Waals surface area contributed by atoms with Crippen molar-refractivity contribution in [2.45, 2.75) is 12.8 Å². The van der Waals surface area contributed by atoms with Gasteiger partial charge in [-0.3, -0.25) is 9.59 Å². The van der Waals surface area contributed by atoms with Gasteiger partial charge in [0.15, 0.2) is 0 Å². The van der Waals surface area contributed by atoms with Gasteiger partial charge in [-0.25, -0.2) is 4.39 Å². The van der Waals surface area contributed by atoms with Crippen molar-refractivity contribution in [2.24, 2.45) is 5.92 Å². The molecule has 22 heavy (non-hydrogen) atoms. The SMILES string of the molecule is CN(C)C(=O)C1CCN(C(=O)/C=C/c2ccccc2F)CC1. The topological polar surface area (TPSA) is 40.6 Å². The summed E-state index contributed by atoms with van der Waals surface area (Å²) in [5.74, 6) is -0.371. The number of hydrogen-bond donors (Lipinski definition) is 0. The molecule has 2 rings (SSSR count). The van der Waals surface area contributed by atoms with Crippen LogP contribution in [0.1, 0.15) is 18.4 Å². The highest BCUT2D eigenvalue weighted by Gasteiger charge is 2.27. The highest BCUT2D eigenvalue weighted by Crippen LogP contribution is 2.19. The quantitative estimate of drug-likeness (QED) is 0.803. The smallest absolute Gasteiger partial charge is 0.246 e. The minimum Gasteiger partial charge on any atom is -0.349 e. The normalized spacial score (nSPS) is 16.0. The van der Waals surface area contributed by atoms with Crippen molar-refractivity contribution in [1.29, 1.82) is 0 Å². The van der Waals surface area contributed by atoms with Crippen LogP contribution < -0.4 is 0 Å². The maximum absolute atomic E-state index is 13.5. The zero-order valence-corrected chi connectivity index (χ0v) is 13.0. The Kier molecular flexibility index (Phi) is 5.31. The molecular weight excluding hydrogens is 283 g/mol. The second-order valence-electron chi connectivity index (χ2n) is 5.69. The minimum absolute atomic E-state index is 0.00500. The molecule has 0 saturated carbocycles. The summed E-state index contributed by atoms with van der Waals surface area (Å²) in [6, 6.07) is 6.33. The molecule has 1 aromatic carbocycles. The fourth-order valence-corrected chi connectivity index (χ4v) is 2.59. The van der Waals surface area contributed by atoms with Gasteiger partial charge in [-0.1, -0.05) is 18.2 Å². The van der Waals surface area contributed by atoms with Crippen LogP contribution in [0.3, 0.4) is 0 Å². The molecule has 5 heteroatoms. The van der Waals surface area contributed by atoms with Gasteiger partial charge in [0.1, 0.15) is 5.82 Å². The minimum atomic E-state index is -0.346. The third kappa shape index (κ3) is 3.93. The Hall–Kier alpha value is -2.17. The molecule has 0 aliphatic carbocycles. The highest BCUT2D eigenvalue weighted by atomic mass is 19.1. The molecule has 0 aromatic heterocycles. The zero-order valence-electron chi connectivity index (χ0n) is 13.0. The van der Waals surface area contributed by atoms with Gasteiger partial charge in [0.2, 0.25) is 11.8 Å². The van der Waals surface area contributed by atoms with Crippen LogP contribution in [-0.2, 0) is 9.59 Å². The Morgan fingerprint density at radius 3 is 2.45 bits per heavy atom. The number of piperidine rings is 1. The fraction of sp³-hybridized carbons (Fsp3) is 0.412. The Balaban J connectivity index is 1.90. The van der Waals surface area contributed by atoms with Gasteiger partial charge in [0.05, 0.1) is 0 Å². The number of halogens is 1. The van der Waals surface area contributed by atoms with Crippen molar-refractivity contribution < 1.29 is 14.0 Å². The number of hydrogen-bond acceptors (Lipinski definition) is 2. The highest BCUT2D eigenvalue weighted by molar-refractivity contribution is 5.92. The number of rotatable bonds is 3. The zero-order chi connectivity index (χ0) is 16.1. The second-order valence-corrected chi connectivity index (χ2v) is 5.69. The molecule has 1 aromatic rings. The first-order chi connectivity index (χ1) is 10.5. The van der Waals surface area contributed by atoms with Gasteiger partial charge in [-0.05, 0) is 25.0 Å². The maximum Gasteiger partial charge on any atom is 0.246 e. The van der Waals surface area contributed by atoms with E-state index in [1.807, 2.05) is 0 Å². The Morgan fingerprint density at radius 1 is 1.23 bits per heavy atom. The lowest BCUT2D eigenvalue weighted by Gasteiger charge is -2.31. The van der Waals surface area contributed by atoms with Gasteiger partial charge >= 0.3 is 0 Å². The molecule has 4 nitrogen and oxygen atoms in total. The third-order valence-corrected chi connectivity index (χ3v) is 3.91. The summed E-state index contributed by atoms with van der Waals surface area (Å²) < 4.78 is 13.5. The Morgan fingerprint density at radius 2 is 1.86 bits per heavy atom. The van der Waals surface area contributed by atoms with Crippen molar-refractivity contribution in [3.05, 3.63) is 41.7 Å². The van der Waals surface area contributed by atoms with Crippen LogP contribution >= 0.6 is 0 Å². The summed E-state index contributed by atoms with van der Waals surface area (Å²) in [6.45, 7) is 1.12. The summed E-state index contributed by atoms with van der Waals surface area (Å²) in [4.78, 5) is 27.3. The summed E-state index contributed by atoms with van der Waals surface area (Å²) in [5, 5.41) is 0. The van der Waals surface area contributed by atoms with E-state index in [1.165, 1.54) is 18.2 Å². The molecule has 1 fully saturated rings. The van der Waals surface area contributed by atoms with E-state index in [-0.39, 0.29) is 23.5 Å². The summed E-state index contributed by atoms with van der Waals surface area (Å²) in [6.07, 6.45) is 4.24. The molecule has 0 unspecified atom stereocenters. The van der Waals surface area contributed by atoms with Gasteiger partial charge in [-0.15, -0.1) is 0 Å². The van der Waals surface area contributed by atoms with Crippen LogP contribution in [0.5, 0.6) is 0 Å². The van der Waals surface area contributed by atoms with Crippen molar-refractivity contribution in [1.82, 2.24) is 9.80 Å². The lowest BCUT2D eigenvalue weighted by Crippen LogP contribution is -2.42. The van der Waals surface area contributed by atoms with E-state index in [0.717, 1.165) is 0 Å². The molecule has 0 spiro atoms. The number of benzene rings is 1. The predicted octanol–water partition coefficient (Wildman–Crippen LogP) is 2.17. The largest absolute Gasteiger partial charge is 0.349 e. The molecule has 2 amide bonds. The van der Waals surface area contributed by atoms with E-state index in [1.54, 1.807) is 42.1 Å². The average molecular weight is 304 g/mol. The molecule has 1 aliphatic rings. The molecule has 118 valence electrons. The van der Waals surface area contributed by atoms with E-state index in [9.17, 15) is 14.0 Å². The molecule has 0 N–H and O–H groups in total. The second kappa shape index (κ2) is 7.20. The Bertz CT molecular complexity index is 576. The number of carbonyl (C=O) groups is 2. The number of carbonyl (C=O) groups excluding carboxylic acids is 2. The molecular formula is C17H21FN2O2. The van der Waals surface area contributed by atoms with E-state index in [0.29, 0.717) is 31.5 Å². The molecule has 1 heterocycles. The number of amides is 2. The average Bonchev–Trinajstić information content (AvgIpc) is 2.53.